The smallest absolute Gasteiger partial charge is 0.326 e. The number of hydrogen-bond donors (Lipinski definition) is 2. The average Bonchev–Trinajstić information content (AvgIpc) is 2.83. The fraction of sp³-hybridized carbons (Fsp3) is 0.111. The summed E-state index contributed by atoms with van der Waals surface area (Å²) in [5.74, 6) is 5.09. The van der Waals surface area contributed by atoms with Crippen LogP contribution in [0.15, 0.2) is 67.1 Å². The van der Waals surface area contributed by atoms with Crippen LogP contribution in [0.4, 0.5) is 24.7 Å². The topological polar surface area (TPSA) is 84.0 Å². The Hall–Kier alpha value is -4.71. The summed E-state index contributed by atoms with van der Waals surface area (Å²) < 4.78 is 38.8. The van der Waals surface area contributed by atoms with Gasteiger partial charge in [-0.05, 0) is 42.8 Å². The molecule has 0 aliphatic carbocycles. The molecular formula is C27H19F3N4O2. The molecule has 6 nitrogen and oxygen atoms in total. The van der Waals surface area contributed by atoms with Gasteiger partial charge in [-0.3, -0.25) is 14.6 Å². The highest BCUT2D eigenvalue weighted by Gasteiger charge is 2.30. The van der Waals surface area contributed by atoms with Crippen molar-refractivity contribution >= 4 is 34.1 Å². The van der Waals surface area contributed by atoms with Gasteiger partial charge in [0.1, 0.15) is 5.82 Å². The van der Waals surface area contributed by atoms with Crippen LogP contribution in [0.5, 0.6) is 0 Å². The Morgan fingerprint density at radius 3 is 2.44 bits per heavy atom. The van der Waals surface area contributed by atoms with Crippen LogP contribution in [-0.2, 0) is 11.0 Å². The molecule has 0 saturated heterocycles. The van der Waals surface area contributed by atoms with Crippen molar-refractivity contribution in [2.75, 3.05) is 10.6 Å². The molecule has 180 valence electrons. The van der Waals surface area contributed by atoms with Crippen LogP contribution in [0, 0.1) is 18.8 Å². The molecule has 2 aromatic carbocycles. The first-order valence-corrected chi connectivity index (χ1v) is 10.7. The third-order valence-corrected chi connectivity index (χ3v) is 5.27. The van der Waals surface area contributed by atoms with Crippen molar-refractivity contribution in [3.05, 3.63) is 94.9 Å². The predicted molar refractivity (Wildman–Crippen MR) is 130 cm³/mol. The number of nitrogens with one attached hydrogen (secondary N) is 2. The SMILES string of the molecule is CC(=O)Nc1cccc2c(C#Cc3cc(C(=O)Nc4cc(C(F)(F)F)ccn4)ccc3C)cncc12. The summed E-state index contributed by atoms with van der Waals surface area (Å²) >= 11 is 0. The zero-order valence-corrected chi connectivity index (χ0v) is 19.2. The number of rotatable bonds is 3. The second-order valence-corrected chi connectivity index (χ2v) is 7.93. The zero-order valence-electron chi connectivity index (χ0n) is 19.2. The first-order valence-electron chi connectivity index (χ1n) is 10.7. The Labute approximate surface area is 204 Å². The molecule has 4 rings (SSSR count). The number of fused-ring (bicyclic) bond motifs is 1. The summed E-state index contributed by atoms with van der Waals surface area (Å²) in [5, 5.41) is 6.70. The van der Waals surface area contributed by atoms with Gasteiger partial charge in [-0.15, -0.1) is 0 Å². The molecule has 0 atom stereocenters. The van der Waals surface area contributed by atoms with Gasteiger partial charge in [-0.25, -0.2) is 4.98 Å². The van der Waals surface area contributed by atoms with E-state index >= 15 is 0 Å². The second-order valence-electron chi connectivity index (χ2n) is 7.93. The largest absolute Gasteiger partial charge is 0.416 e. The van der Waals surface area contributed by atoms with Crippen LogP contribution >= 0.6 is 0 Å². The molecule has 9 heteroatoms. The normalized spacial score (nSPS) is 10.9. The monoisotopic (exact) mass is 488 g/mol. The van der Waals surface area contributed by atoms with Crippen molar-refractivity contribution in [3.8, 4) is 11.8 Å². The van der Waals surface area contributed by atoms with Crippen molar-refractivity contribution in [1.29, 1.82) is 0 Å². The number of carbonyl (C=O) groups is 2. The number of nitrogens with zero attached hydrogens (tertiary/aromatic N) is 2. The standard InChI is InChI=1S/C27H19F3N4O2/c1-16-6-7-19(26(36)34-25-13-21(10-11-32-25)27(28,29)30)12-18(16)8-9-20-14-31-15-23-22(20)4-3-5-24(23)33-17(2)35/h3-7,10-15H,1-2H3,(H,33,35)(H,32,34,36). The van der Waals surface area contributed by atoms with Crippen LogP contribution in [0.1, 0.15) is 39.5 Å². The Balaban J connectivity index is 1.63. The second kappa shape index (κ2) is 9.88. The lowest BCUT2D eigenvalue weighted by Crippen LogP contribution is -2.14. The van der Waals surface area contributed by atoms with Crippen LogP contribution in [0.2, 0.25) is 0 Å². The lowest BCUT2D eigenvalue weighted by atomic mass is 10.0. The van der Waals surface area contributed by atoms with E-state index in [4.69, 9.17) is 0 Å². The molecule has 2 amide bonds. The number of benzene rings is 2. The molecule has 2 aromatic heterocycles. The quantitative estimate of drug-likeness (QED) is 0.370. The van der Waals surface area contributed by atoms with Gasteiger partial charge < -0.3 is 10.6 Å². The average molecular weight is 488 g/mol. The van der Waals surface area contributed by atoms with E-state index < -0.39 is 17.6 Å². The Bertz CT molecular complexity index is 1550. The van der Waals surface area contributed by atoms with E-state index in [1.807, 2.05) is 13.0 Å². The molecule has 0 aliphatic heterocycles. The summed E-state index contributed by atoms with van der Waals surface area (Å²) in [6.45, 7) is 3.25. The van der Waals surface area contributed by atoms with Gasteiger partial charge in [-0.1, -0.05) is 30.0 Å². The third-order valence-electron chi connectivity index (χ3n) is 5.27. The van der Waals surface area contributed by atoms with Gasteiger partial charge in [0.2, 0.25) is 5.91 Å². The Kier molecular flexibility index (Phi) is 6.70. The first-order chi connectivity index (χ1) is 17.1. The lowest BCUT2D eigenvalue weighted by Gasteiger charge is -2.09. The van der Waals surface area contributed by atoms with Gasteiger partial charge in [0, 0.05) is 47.4 Å². The van der Waals surface area contributed by atoms with Crippen molar-refractivity contribution in [2.24, 2.45) is 0 Å². The van der Waals surface area contributed by atoms with Crippen molar-refractivity contribution in [1.82, 2.24) is 9.97 Å². The molecule has 0 radical (unpaired) electrons. The van der Waals surface area contributed by atoms with Crippen molar-refractivity contribution in [2.45, 2.75) is 20.0 Å². The minimum Gasteiger partial charge on any atom is -0.326 e. The van der Waals surface area contributed by atoms with Crippen molar-refractivity contribution in [3.63, 3.8) is 0 Å². The van der Waals surface area contributed by atoms with Crippen LogP contribution in [-0.4, -0.2) is 21.8 Å². The minimum atomic E-state index is -4.55. The molecular weight excluding hydrogens is 469 g/mol. The summed E-state index contributed by atoms with van der Waals surface area (Å²) in [7, 11) is 0. The summed E-state index contributed by atoms with van der Waals surface area (Å²) in [6.07, 6.45) is -0.309. The number of anilines is 2. The first kappa shape index (κ1) is 24.4. The maximum Gasteiger partial charge on any atom is 0.416 e. The Morgan fingerprint density at radius 1 is 0.917 bits per heavy atom. The lowest BCUT2D eigenvalue weighted by molar-refractivity contribution is -0.137. The molecule has 2 heterocycles. The number of halogens is 3. The highest BCUT2D eigenvalue weighted by atomic mass is 19.4. The molecule has 0 fully saturated rings. The number of aryl methyl sites for hydroxylation is 1. The van der Waals surface area contributed by atoms with Crippen LogP contribution in [0.3, 0.4) is 0 Å². The molecule has 4 aromatic rings. The summed E-state index contributed by atoms with van der Waals surface area (Å²) in [5.41, 5.74) is 1.93. The van der Waals surface area contributed by atoms with Crippen molar-refractivity contribution < 1.29 is 22.8 Å². The van der Waals surface area contributed by atoms with Gasteiger partial charge in [0.05, 0.1) is 16.8 Å². The van der Waals surface area contributed by atoms with E-state index in [1.54, 1.807) is 42.7 Å². The van der Waals surface area contributed by atoms with E-state index in [-0.39, 0.29) is 17.3 Å². The maximum atomic E-state index is 12.9. The van der Waals surface area contributed by atoms with Crippen LogP contribution < -0.4 is 10.6 Å². The number of carbonyl (C=O) groups excluding carboxylic acids is 2. The molecule has 0 aliphatic rings. The Morgan fingerprint density at radius 2 is 1.69 bits per heavy atom. The molecule has 0 spiro atoms. The van der Waals surface area contributed by atoms with Crippen LogP contribution in [0.25, 0.3) is 10.8 Å². The third kappa shape index (κ3) is 5.50. The van der Waals surface area contributed by atoms with Gasteiger partial charge in [0.25, 0.3) is 5.91 Å². The minimum absolute atomic E-state index is 0.204. The number of alkyl halides is 3. The fourth-order valence-electron chi connectivity index (χ4n) is 3.49. The molecule has 36 heavy (non-hydrogen) atoms. The molecule has 0 unspecified atom stereocenters. The summed E-state index contributed by atoms with van der Waals surface area (Å²) in [6, 6.07) is 11.9. The maximum absolute atomic E-state index is 12.9. The molecule has 0 saturated carbocycles. The fourth-order valence-corrected chi connectivity index (χ4v) is 3.49. The summed E-state index contributed by atoms with van der Waals surface area (Å²) in [4.78, 5) is 32.2. The highest BCUT2D eigenvalue weighted by Crippen LogP contribution is 2.30. The number of hydrogen-bond acceptors (Lipinski definition) is 4. The number of amides is 2. The van der Waals surface area contributed by atoms with E-state index in [0.717, 1.165) is 34.7 Å². The van der Waals surface area contributed by atoms with E-state index in [9.17, 15) is 22.8 Å². The van der Waals surface area contributed by atoms with E-state index in [2.05, 4.69) is 32.4 Å². The highest BCUT2D eigenvalue weighted by molar-refractivity contribution is 6.04. The van der Waals surface area contributed by atoms with Gasteiger partial charge in [0.15, 0.2) is 0 Å². The van der Waals surface area contributed by atoms with E-state index in [0.29, 0.717) is 16.8 Å². The molecule has 0 bridgehead atoms. The predicted octanol–water partition coefficient (Wildman–Crippen LogP) is 5.57. The zero-order chi connectivity index (χ0) is 25.9. The number of pyridine rings is 2. The van der Waals surface area contributed by atoms with E-state index in [1.165, 1.54) is 6.92 Å². The van der Waals surface area contributed by atoms with Gasteiger partial charge >= 0.3 is 6.18 Å². The molecule has 2 N–H and O–H groups in total. The van der Waals surface area contributed by atoms with Gasteiger partial charge in [-0.2, -0.15) is 13.2 Å². The number of aromatic nitrogens is 2.